The predicted octanol–water partition coefficient (Wildman–Crippen LogP) is -1.94. The molecule has 0 aromatic carbocycles. The van der Waals surface area contributed by atoms with E-state index in [9.17, 15) is 4.57 Å². The van der Waals surface area contributed by atoms with E-state index in [2.05, 4.69) is 4.52 Å². The summed E-state index contributed by atoms with van der Waals surface area (Å²) in [5.74, 6) is 0. The van der Waals surface area contributed by atoms with Crippen molar-refractivity contribution in [2.75, 3.05) is 20.3 Å². The van der Waals surface area contributed by atoms with Crippen molar-refractivity contribution in [3.05, 3.63) is 0 Å². The number of aliphatic hydroxyl groups excluding tert-OH is 3. The quantitative estimate of drug-likeness (QED) is 0.338. The smallest absolute Gasteiger partial charge is 0.394 e. The molecule has 0 bridgehead atoms. The molecule has 0 aliphatic carbocycles. The number of hydrogen-bond acceptors (Lipinski definition) is 5. The summed E-state index contributed by atoms with van der Waals surface area (Å²) in [7, 11) is -3.20. The van der Waals surface area contributed by atoms with Gasteiger partial charge in [0.25, 0.3) is 0 Å². The molecule has 0 aromatic rings. The Morgan fingerprint density at radius 1 is 1.33 bits per heavy atom. The zero-order valence-electron chi connectivity index (χ0n) is 6.49. The summed E-state index contributed by atoms with van der Waals surface area (Å²) in [5, 5.41) is 24.0. The van der Waals surface area contributed by atoms with Crippen LogP contribution in [0.25, 0.3) is 0 Å². The van der Waals surface area contributed by atoms with Gasteiger partial charge >= 0.3 is 7.82 Å². The summed E-state index contributed by atoms with van der Waals surface area (Å²) >= 11 is 0. The van der Waals surface area contributed by atoms with E-state index >= 15 is 0 Å². The van der Waals surface area contributed by atoms with Gasteiger partial charge in [-0.15, -0.1) is 0 Å². The molecule has 0 fully saturated rings. The van der Waals surface area contributed by atoms with Gasteiger partial charge in [-0.1, -0.05) is 0 Å². The van der Waals surface area contributed by atoms with Crippen LogP contribution >= 0.6 is 7.82 Å². The lowest BCUT2D eigenvalue weighted by atomic mass is 10.4. The third-order valence-corrected chi connectivity index (χ3v) is 1.14. The minimum Gasteiger partial charge on any atom is -0.394 e. The molecule has 0 radical (unpaired) electrons. The molecular formula is C4H13O7P. The monoisotopic (exact) mass is 204 g/mol. The fourth-order valence-electron chi connectivity index (χ4n) is 0.0577. The van der Waals surface area contributed by atoms with E-state index < -0.39 is 13.9 Å². The minimum absolute atomic E-state index is 0.365. The van der Waals surface area contributed by atoms with E-state index in [0.717, 1.165) is 7.11 Å². The van der Waals surface area contributed by atoms with Crippen LogP contribution in [0.3, 0.4) is 0 Å². The second kappa shape index (κ2) is 7.63. The average molecular weight is 204 g/mol. The molecule has 5 N–H and O–H groups in total. The average Bonchev–Trinajstić information content (AvgIpc) is 2.03. The van der Waals surface area contributed by atoms with Crippen LogP contribution in [0.15, 0.2) is 0 Å². The molecule has 0 unspecified atom stereocenters. The van der Waals surface area contributed by atoms with Crippen LogP contribution in [0.4, 0.5) is 0 Å². The van der Waals surface area contributed by atoms with Crippen LogP contribution in [0.5, 0.6) is 0 Å². The number of hydrogen-bond donors (Lipinski definition) is 5. The zero-order valence-corrected chi connectivity index (χ0v) is 7.39. The maximum absolute atomic E-state index is 9.47. The predicted molar refractivity (Wildman–Crippen MR) is 39.2 cm³/mol. The van der Waals surface area contributed by atoms with E-state index in [0.29, 0.717) is 0 Å². The fourth-order valence-corrected chi connectivity index (χ4v) is 0.0577. The van der Waals surface area contributed by atoms with Crippen LogP contribution in [-0.4, -0.2) is 51.5 Å². The first-order valence-corrected chi connectivity index (χ1v) is 4.41. The molecule has 0 rings (SSSR count). The van der Waals surface area contributed by atoms with Crippen LogP contribution < -0.4 is 0 Å². The molecule has 0 heterocycles. The summed E-state index contributed by atoms with van der Waals surface area (Å²) in [6.07, 6.45) is -0.954. The highest BCUT2D eigenvalue weighted by atomic mass is 31.2. The summed E-state index contributed by atoms with van der Waals surface area (Å²) in [6.45, 7) is -0.729. The van der Waals surface area contributed by atoms with Crippen molar-refractivity contribution in [1.29, 1.82) is 0 Å². The Balaban J connectivity index is 0. The molecule has 0 spiro atoms. The van der Waals surface area contributed by atoms with Gasteiger partial charge in [0.1, 0.15) is 6.10 Å². The second-order valence-electron chi connectivity index (χ2n) is 1.69. The Morgan fingerprint density at radius 2 is 1.58 bits per heavy atom. The van der Waals surface area contributed by atoms with E-state index in [1.807, 2.05) is 0 Å². The Morgan fingerprint density at radius 3 is 1.58 bits per heavy atom. The largest absolute Gasteiger partial charge is 0.469 e. The Bertz CT molecular complexity index is 127. The molecule has 0 saturated carbocycles. The second-order valence-corrected chi connectivity index (χ2v) is 3.04. The van der Waals surface area contributed by atoms with Gasteiger partial charge in [-0.25, -0.2) is 4.57 Å². The van der Waals surface area contributed by atoms with Crippen LogP contribution in [0.1, 0.15) is 0 Å². The van der Waals surface area contributed by atoms with E-state index in [1.165, 1.54) is 0 Å². The highest BCUT2D eigenvalue weighted by Crippen LogP contribution is 2.33. The molecule has 0 saturated heterocycles. The SMILES string of the molecule is COP(=O)(O)O.OCC(O)CO. The fraction of sp³-hybridized carbons (Fsp3) is 1.00. The minimum atomic E-state index is -4.15. The van der Waals surface area contributed by atoms with Crippen molar-refractivity contribution in [2.45, 2.75) is 6.10 Å². The molecular weight excluding hydrogens is 191 g/mol. The molecule has 0 aromatic heterocycles. The summed E-state index contributed by atoms with van der Waals surface area (Å²) in [4.78, 5) is 15.4. The Hall–Kier alpha value is -0.0100. The lowest BCUT2D eigenvalue weighted by molar-refractivity contribution is 0.0450. The van der Waals surface area contributed by atoms with Gasteiger partial charge in [0.15, 0.2) is 0 Å². The van der Waals surface area contributed by atoms with Gasteiger partial charge < -0.3 is 25.1 Å². The van der Waals surface area contributed by atoms with Crippen LogP contribution in [0, 0.1) is 0 Å². The number of phosphoric acid groups is 1. The van der Waals surface area contributed by atoms with E-state index in [-0.39, 0.29) is 13.2 Å². The first-order valence-electron chi connectivity index (χ1n) is 2.88. The van der Waals surface area contributed by atoms with Crippen molar-refractivity contribution in [2.24, 2.45) is 0 Å². The van der Waals surface area contributed by atoms with Crippen molar-refractivity contribution in [1.82, 2.24) is 0 Å². The third-order valence-electron chi connectivity index (χ3n) is 0.659. The highest BCUT2D eigenvalue weighted by Gasteiger charge is 2.07. The van der Waals surface area contributed by atoms with Gasteiger partial charge in [-0.2, -0.15) is 0 Å². The Kier molecular flexibility index (Phi) is 9.23. The van der Waals surface area contributed by atoms with Crippen molar-refractivity contribution >= 4 is 7.82 Å². The molecule has 12 heavy (non-hydrogen) atoms. The molecule has 8 heteroatoms. The first kappa shape index (κ1) is 14.5. The number of rotatable bonds is 3. The molecule has 0 aliphatic rings. The summed E-state index contributed by atoms with van der Waals surface area (Å²) in [6, 6.07) is 0. The van der Waals surface area contributed by atoms with E-state index in [1.54, 1.807) is 0 Å². The van der Waals surface area contributed by atoms with E-state index in [4.69, 9.17) is 25.1 Å². The van der Waals surface area contributed by atoms with Crippen molar-refractivity contribution in [3.8, 4) is 0 Å². The maximum atomic E-state index is 9.47. The summed E-state index contributed by atoms with van der Waals surface area (Å²) < 4.78 is 13.1. The first-order chi connectivity index (χ1) is 5.37. The number of phosphoric ester groups is 1. The molecule has 0 amide bonds. The van der Waals surface area contributed by atoms with Crippen LogP contribution in [0.2, 0.25) is 0 Å². The molecule has 0 atom stereocenters. The normalized spacial score (nSPS) is 10.9. The summed E-state index contributed by atoms with van der Waals surface area (Å²) in [5.41, 5.74) is 0. The maximum Gasteiger partial charge on any atom is 0.469 e. The molecule has 7 nitrogen and oxygen atoms in total. The highest BCUT2D eigenvalue weighted by molar-refractivity contribution is 7.46. The van der Waals surface area contributed by atoms with Gasteiger partial charge in [0.2, 0.25) is 0 Å². The third kappa shape index (κ3) is 16.5. The van der Waals surface area contributed by atoms with Gasteiger partial charge in [0.05, 0.1) is 13.2 Å². The zero-order chi connectivity index (χ0) is 10.2. The van der Waals surface area contributed by atoms with Gasteiger partial charge in [-0.05, 0) is 0 Å². The molecule has 76 valence electrons. The molecule has 0 aliphatic heterocycles. The topological polar surface area (TPSA) is 127 Å². The van der Waals surface area contributed by atoms with Gasteiger partial charge in [-0.3, -0.25) is 4.52 Å². The lowest BCUT2D eigenvalue weighted by Gasteiger charge is -1.96. The van der Waals surface area contributed by atoms with Crippen molar-refractivity contribution < 1.29 is 34.2 Å². The number of aliphatic hydroxyl groups is 3. The van der Waals surface area contributed by atoms with Crippen LogP contribution in [-0.2, 0) is 9.09 Å². The van der Waals surface area contributed by atoms with Crippen molar-refractivity contribution in [3.63, 3.8) is 0 Å². The van der Waals surface area contributed by atoms with Gasteiger partial charge in [0, 0.05) is 7.11 Å². The standard InChI is InChI=1S/C3H8O3.CH5O4P/c4-1-3(6)2-5;1-5-6(2,3)4/h3-6H,1-2H2;1H3,(H2,2,3,4). The Labute approximate surface area is 69.5 Å². The lowest BCUT2D eigenvalue weighted by Crippen LogP contribution is -2.15.